The predicted octanol–water partition coefficient (Wildman–Crippen LogP) is 3.44. The summed E-state index contributed by atoms with van der Waals surface area (Å²) < 4.78 is 27.7. The molecule has 0 spiro atoms. The maximum absolute atomic E-state index is 11.5. The van der Waals surface area contributed by atoms with Gasteiger partial charge in [-0.3, -0.25) is 0 Å². The number of sulfone groups is 1. The Balaban J connectivity index is 2.36. The second kappa shape index (κ2) is 8.46. The van der Waals surface area contributed by atoms with E-state index in [1.54, 1.807) is 43.3 Å². The van der Waals surface area contributed by atoms with Gasteiger partial charge in [-0.05, 0) is 31.2 Å². The van der Waals surface area contributed by atoms with Crippen LogP contribution in [0, 0.1) is 0 Å². The molecule has 0 saturated carbocycles. The van der Waals surface area contributed by atoms with Crippen LogP contribution in [-0.2, 0) is 20.3 Å². The van der Waals surface area contributed by atoms with Gasteiger partial charge in [0.15, 0.2) is 9.84 Å². The van der Waals surface area contributed by atoms with Gasteiger partial charge in [-0.25, -0.2) is 18.6 Å². The number of thiophene rings is 1. The molecule has 1 N–H and O–H groups in total. The number of amides is 1. The molecular formula is C16H17ClN2O4S2. The molecule has 2 rings (SSSR count). The Labute approximate surface area is 155 Å². The highest BCUT2D eigenvalue weighted by atomic mass is 35.5. The number of halogens is 1. The molecule has 0 atom stereocenters. The quantitative estimate of drug-likeness (QED) is 0.594. The van der Waals surface area contributed by atoms with Crippen LogP contribution < -0.4 is 5.43 Å². The molecule has 1 amide bonds. The number of nitrogens with zero attached hydrogens (tertiary/aromatic N) is 1. The van der Waals surface area contributed by atoms with E-state index in [0.717, 1.165) is 10.4 Å². The van der Waals surface area contributed by atoms with Crippen LogP contribution in [-0.4, -0.2) is 33.1 Å². The fourth-order valence-corrected chi connectivity index (χ4v) is 4.41. The van der Waals surface area contributed by atoms with Gasteiger partial charge in [0.2, 0.25) is 0 Å². The van der Waals surface area contributed by atoms with Crippen molar-refractivity contribution in [1.29, 1.82) is 0 Å². The molecule has 0 aliphatic heterocycles. The standard InChI is InChI=1S/C16H17ClN2O4S2/c1-3-23-16(20)19-18-15(11-4-6-12(17)7-5-11)14-9-8-13(24-14)10-25(2,21)22/h4-9H,3,10H2,1-2H3,(H,19,20). The van der Waals surface area contributed by atoms with Gasteiger partial charge in [0.25, 0.3) is 0 Å². The minimum absolute atomic E-state index is 0.0448. The minimum atomic E-state index is -3.13. The molecule has 9 heteroatoms. The monoisotopic (exact) mass is 400 g/mol. The normalized spacial score (nSPS) is 12.0. The Morgan fingerprint density at radius 1 is 1.24 bits per heavy atom. The molecule has 0 radical (unpaired) electrons. The van der Waals surface area contributed by atoms with E-state index in [1.807, 2.05) is 0 Å². The Morgan fingerprint density at radius 2 is 1.92 bits per heavy atom. The third-order valence-electron chi connectivity index (χ3n) is 2.95. The molecule has 0 saturated heterocycles. The topological polar surface area (TPSA) is 84.8 Å². The summed E-state index contributed by atoms with van der Waals surface area (Å²) in [4.78, 5) is 12.9. The van der Waals surface area contributed by atoms with Gasteiger partial charge >= 0.3 is 6.09 Å². The van der Waals surface area contributed by atoms with Crippen LogP contribution in [0.2, 0.25) is 5.02 Å². The number of rotatable bonds is 6. The van der Waals surface area contributed by atoms with E-state index in [9.17, 15) is 13.2 Å². The van der Waals surface area contributed by atoms with Crippen LogP contribution in [0.4, 0.5) is 4.79 Å². The molecule has 25 heavy (non-hydrogen) atoms. The van der Waals surface area contributed by atoms with Gasteiger partial charge in [0.1, 0.15) is 5.71 Å². The first-order valence-corrected chi connectivity index (χ1v) is 10.6. The maximum atomic E-state index is 11.5. The molecule has 0 aliphatic carbocycles. The lowest BCUT2D eigenvalue weighted by atomic mass is 10.1. The molecule has 0 unspecified atom stereocenters. The van der Waals surface area contributed by atoms with E-state index in [4.69, 9.17) is 16.3 Å². The highest BCUT2D eigenvalue weighted by molar-refractivity contribution is 7.90. The SMILES string of the molecule is CCOC(=O)NN=C(c1ccc(Cl)cc1)c1ccc(CS(C)(=O)=O)s1. The molecule has 0 bridgehead atoms. The summed E-state index contributed by atoms with van der Waals surface area (Å²) in [5.41, 5.74) is 3.56. The van der Waals surface area contributed by atoms with Crippen LogP contribution in [0.15, 0.2) is 41.5 Å². The number of ether oxygens (including phenoxy) is 1. The van der Waals surface area contributed by atoms with Gasteiger partial charge in [-0.2, -0.15) is 5.10 Å². The first-order chi connectivity index (χ1) is 11.8. The zero-order valence-corrected chi connectivity index (χ0v) is 16.0. The average Bonchev–Trinajstić information content (AvgIpc) is 2.95. The summed E-state index contributed by atoms with van der Waals surface area (Å²) in [5.74, 6) is -0.0448. The summed E-state index contributed by atoms with van der Waals surface area (Å²) in [6.07, 6.45) is 0.519. The second-order valence-electron chi connectivity index (χ2n) is 5.14. The van der Waals surface area contributed by atoms with E-state index < -0.39 is 15.9 Å². The van der Waals surface area contributed by atoms with Crippen molar-refractivity contribution in [2.24, 2.45) is 5.10 Å². The summed E-state index contributed by atoms with van der Waals surface area (Å²) in [7, 11) is -3.13. The molecule has 0 aliphatic rings. The highest BCUT2D eigenvalue weighted by Gasteiger charge is 2.14. The highest BCUT2D eigenvalue weighted by Crippen LogP contribution is 2.23. The first kappa shape index (κ1) is 19.4. The first-order valence-electron chi connectivity index (χ1n) is 7.31. The molecule has 6 nitrogen and oxygen atoms in total. The van der Waals surface area contributed by atoms with E-state index in [1.165, 1.54) is 17.6 Å². The summed E-state index contributed by atoms with van der Waals surface area (Å²) in [6.45, 7) is 1.93. The summed E-state index contributed by atoms with van der Waals surface area (Å²) in [6, 6.07) is 10.5. The van der Waals surface area contributed by atoms with Gasteiger partial charge in [0.05, 0.1) is 17.2 Å². The molecule has 1 aromatic carbocycles. The van der Waals surface area contributed by atoms with Gasteiger partial charge < -0.3 is 4.74 Å². The van der Waals surface area contributed by atoms with Crippen molar-refractivity contribution in [2.45, 2.75) is 12.7 Å². The number of hydrogen-bond acceptors (Lipinski definition) is 6. The van der Waals surface area contributed by atoms with Crippen LogP contribution in [0.3, 0.4) is 0 Å². The van der Waals surface area contributed by atoms with Crippen molar-refractivity contribution in [2.75, 3.05) is 12.9 Å². The molecule has 134 valence electrons. The van der Waals surface area contributed by atoms with Crippen molar-refractivity contribution in [3.63, 3.8) is 0 Å². The zero-order chi connectivity index (χ0) is 18.4. The second-order valence-corrected chi connectivity index (χ2v) is 8.88. The van der Waals surface area contributed by atoms with Gasteiger partial charge in [-0.15, -0.1) is 11.3 Å². The fourth-order valence-electron chi connectivity index (χ4n) is 1.98. The molecule has 1 aromatic heterocycles. The number of carbonyl (C=O) groups excluding carboxylic acids is 1. The number of hydrazone groups is 1. The van der Waals surface area contributed by atoms with Crippen molar-refractivity contribution in [3.8, 4) is 0 Å². The minimum Gasteiger partial charge on any atom is -0.449 e. The Bertz CT molecular complexity index is 874. The van der Waals surface area contributed by atoms with E-state index in [2.05, 4.69) is 10.5 Å². The van der Waals surface area contributed by atoms with Crippen LogP contribution in [0.1, 0.15) is 22.2 Å². The number of hydrogen-bond donors (Lipinski definition) is 1. The largest absolute Gasteiger partial charge is 0.449 e. The van der Waals surface area contributed by atoms with E-state index in [-0.39, 0.29) is 12.4 Å². The zero-order valence-electron chi connectivity index (χ0n) is 13.7. The number of nitrogens with one attached hydrogen (secondary N) is 1. The summed E-state index contributed by atoms with van der Waals surface area (Å²) in [5, 5.41) is 4.71. The number of benzene rings is 1. The molecule has 0 fully saturated rings. The van der Waals surface area contributed by atoms with Crippen molar-refractivity contribution in [3.05, 3.63) is 56.7 Å². The average molecular weight is 401 g/mol. The number of carbonyl (C=O) groups is 1. The third-order valence-corrected chi connectivity index (χ3v) is 5.31. The van der Waals surface area contributed by atoms with Crippen LogP contribution in [0.5, 0.6) is 0 Å². The van der Waals surface area contributed by atoms with Crippen LogP contribution >= 0.6 is 22.9 Å². The van der Waals surface area contributed by atoms with Crippen molar-refractivity contribution in [1.82, 2.24) is 5.43 Å². The lowest BCUT2D eigenvalue weighted by Crippen LogP contribution is -2.21. The van der Waals surface area contributed by atoms with Crippen molar-refractivity contribution < 1.29 is 17.9 Å². The van der Waals surface area contributed by atoms with E-state index >= 15 is 0 Å². The molecular weight excluding hydrogens is 384 g/mol. The van der Waals surface area contributed by atoms with Crippen molar-refractivity contribution >= 4 is 44.6 Å². The molecule has 2 aromatic rings. The fraction of sp³-hybridized carbons (Fsp3) is 0.250. The third kappa shape index (κ3) is 6.15. The van der Waals surface area contributed by atoms with E-state index in [0.29, 0.717) is 15.6 Å². The Kier molecular flexibility index (Phi) is 6.57. The predicted molar refractivity (Wildman–Crippen MR) is 100 cm³/mol. The van der Waals surface area contributed by atoms with Gasteiger partial charge in [-0.1, -0.05) is 23.7 Å². The Hall–Kier alpha value is -1.90. The Morgan fingerprint density at radius 3 is 2.52 bits per heavy atom. The van der Waals surface area contributed by atoms with Gasteiger partial charge in [0, 0.05) is 21.7 Å². The smallest absolute Gasteiger partial charge is 0.427 e. The lowest BCUT2D eigenvalue weighted by molar-refractivity contribution is 0.152. The maximum Gasteiger partial charge on any atom is 0.427 e. The lowest BCUT2D eigenvalue weighted by Gasteiger charge is -2.06. The molecule has 1 heterocycles. The summed E-state index contributed by atoms with van der Waals surface area (Å²) >= 11 is 7.21. The van der Waals surface area contributed by atoms with Crippen LogP contribution in [0.25, 0.3) is 0 Å².